The number of amides is 1. The van der Waals surface area contributed by atoms with Gasteiger partial charge in [-0.05, 0) is 43.7 Å². The van der Waals surface area contributed by atoms with E-state index in [4.69, 9.17) is 18.6 Å². The molecule has 1 N–H and O–H groups in total. The van der Waals surface area contributed by atoms with E-state index in [1.807, 2.05) is 0 Å². The second-order valence-corrected chi connectivity index (χ2v) is 8.32. The average molecular weight is 454 g/mol. The van der Waals surface area contributed by atoms with Gasteiger partial charge < -0.3 is 28.6 Å². The number of morpholine rings is 1. The van der Waals surface area contributed by atoms with Crippen molar-refractivity contribution in [2.45, 2.75) is 19.4 Å². The Morgan fingerprint density at radius 2 is 1.85 bits per heavy atom. The van der Waals surface area contributed by atoms with Gasteiger partial charge in [0.25, 0.3) is 11.7 Å². The van der Waals surface area contributed by atoms with E-state index in [2.05, 4.69) is 4.90 Å². The fourth-order valence-corrected chi connectivity index (χ4v) is 4.50. The van der Waals surface area contributed by atoms with E-state index in [9.17, 15) is 14.7 Å². The number of ketones is 1. The summed E-state index contributed by atoms with van der Waals surface area (Å²) in [6.07, 6.45) is 0.688. The molecule has 4 heterocycles. The minimum absolute atomic E-state index is 0.0135. The Morgan fingerprint density at radius 1 is 1.06 bits per heavy atom. The largest absolute Gasteiger partial charge is 0.507 e. The van der Waals surface area contributed by atoms with Crippen LogP contribution < -0.4 is 9.47 Å². The molecule has 1 aromatic heterocycles. The molecule has 0 bridgehead atoms. The number of hydrogen-bond donors (Lipinski definition) is 1. The van der Waals surface area contributed by atoms with Crippen molar-refractivity contribution in [2.75, 3.05) is 46.2 Å². The van der Waals surface area contributed by atoms with Crippen LogP contribution in [0.5, 0.6) is 11.5 Å². The van der Waals surface area contributed by atoms with Gasteiger partial charge in [-0.15, -0.1) is 0 Å². The molecule has 9 nitrogen and oxygen atoms in total. The molecule has 1 amide bonds. The Morgan fingerprint density at radius 3 is 2.61 bits per heavy atom. The first-order valence-electron chi connectivity index (χ1n) is 11.1. The molecule has 174 valence electrons. The van der Waals surface area contributed by atoms with Crippen LogP contribution >= 0.6 is 0 Å². The topological polar surface area (TPSA) is 102 Å². The van der Waals surface area contributed by atoms with Crippen LogP contribution in [0, 0.1) is 6.92 Å². The van der Waals surface area contributed by atoms with Gasteiger partial charge in [-0.1, -0.05) is 0 Å². The van der Waals surface area contributed by atoms with E-state index >= 15 is 0 Å². The van der Waals surface area contributed by atoms with Crippen molar-refractivity contribution in [2.24, 2.45) is 0 Å². The number of ether oxygens (including phenoxy) is 3. The molecule has 1 unspecified atom stereocenters. The quantitative estimate of drug-likeness (QED) is 0.404. The zero-order valence-corrected chi connectivity index (χ0v) is 18.4. The maximum atomic E-state index is 13.1. The van der Waals surface area contributed by atoms with Crippen LogP contribution in [0.4, 0.5) is 0 Å². The number of rotatable bonds is 6. The van der Waals surface area contributed by atoms with Gasteiger partial charge >= 0.3 is 0 Å². The average Bonchev–Trinajstić information content (AvgIpc) is 3.53. The van der Waals surface area contributed by atoms with Crippen molar-refractivity contribution < 1.29 is 33.3 Å². The molecule has 0 radical (unpaired) electrons. The van der Waals surface area contributed by atoms with E-state index < -0.39 is 17.7 Å². The van der Waals surface area contributed by atoms with Gasteiger partial charge in [-0.25, -0.2) is 0 Å². The van der Waals surface area contributed by atoms with E-state index in [0.29, 0.717) is 54.8 Å². The molecular formula is C24H26N2O7. The lowest BCUT2D eigenvalue weighted by molar-refractivity contribution is -0.140. The number of benzene rings is 1. The third-order valence-corrected chi connectivity index (χ3v) is 6.19. The number of carbonyl (C=O) groups excluding carboxylic acids is 2. The van der Waals surface area contributed by atoms with Crippen LogP contribution in [0.3, 0.4) is 0 Å². The Kier molecular flexibility index (Phi) is 5.82. The summed E-state index contributed by atoms with van der Waals surface area (Å²) in [4.78, 5) is 29.9. The Labute approximate surface area is 191 Å². The summed E-state index contributed by atoms with van der Waals surface area (Å²) in [5.41, 5.74) is 0.387. The number of Topliss-reactive ketones (excluding diaryl/α,β-unsaturated/α-hetero) is 1. The zero-order valence-electron chi connectivity index (χ0n) is 18.4. The van der Waals surface area contributed by atoms with Crippen molar-refractivity contribution in [3.05, 3.63) is 53.0 Å². The molecule has 33 heavy (non-hydrogen) atoms. The normalized spacial score (nSPS) is 22.3. The molecule has 0 spiro atoms. The highest BCUT2D eigenvalue weighted by molar-refractivity contribution is 6.46. The molecule has 3 aliphatic rings. The van der Waals surface area contributed by atoms with Crippen molar-refractivity contribution in [1.82, 2.24) is 9.80 Å². The van der Waals surface area contributed by atoms with Crippen molar-refractivity contribution in [1.29, 1.82) is 0 Å². The van der Waals surface area contributed by atoms with E-state index in [-0.39, 0.29) is 18.1 Å². The van der Waals surface area contributed by atoms with Crippen molar-refractivity contribution >= 4 is 17.4 Å². The predicted molar refractivity (Wildman–Crippen MR) is 117 cm³/mol. The fraction of sp³-hybridized carbons (Fsp3) is 0.417. The molecular weight excluding hydrogens is 428 g/mol. The highest BCUT2D eigenvalue weighted by Crippen LogP contribution is 2.41. The maximum Gasteiger partial charge on any atom is 0.295 e. The molecule has 1 aromatic carbocycles. The molecule has 9 heteroatoms. The van der Waals surface area contributed by atoms with Crippen LogP contribution in [-0.4, -0.2) is 72.8 Å². The summed E-state index contributed by atoms with van der Waals surface area (Å²) in [5, 5.41) is 11.1. The monoisotopic (exact) mass is 454 g/mol. The smallest absolute Gasteiger partial charge is 0.295 e. The van der Waals surface area contributed by atoms with Crippen LogP contribution in [0.25, 0.3) is 5.76 Å². The number of aliphatic hydroxyl groups is 1. The first-order chi connectivity index (χ1) is 16.0. The number of likely N-dealkylation sites (tertiary alicyclic amines) is 1. The number of carbonyl (C=O) groups is 2. The van der Waals surface area contributed by atoms with Crippen molar-refractivity contribution in [3.63, 3.8) is 0 Å². The van der Waals surface area contributed by atoms with Gasteiger partial charge in [0.05, 0.1) is 18.8 Å². The van der Waals surface area contributed by atoms with E-state index in [1.165, 1.54) is 4.90 Å². The van der Waals surface area contributed by atoms with E-state index in [1.54, 1.807) is 37.3 Å². The SMILES string of the molecule is Cc1ccc(C2C(=C(O)c3ccc4c(c3)OCO4)C(=O)C(=O)N2CCCN2CCOCC2)o1. The second-order valence-electron chi connectivity index (χ2n) is 8.32. The molecule has 2 fully saturated rings. The Hall–Kier alpha value is -3.30. The highest BCUT2D eigenvalue weighted by Gasteiger charge is 2.47. The molecule has 3 aliphatic heterocycles. The van der Waals surface area contributed by atoms with Gasteiger partial charge in [0, 0.05) is 31.7 Å². The highest BCUT2D eigenvalue weighted by atomic mass is 16.7. The standard InChI is InChI=1S/C24H26N2O7/c1-15-3-5-18(33-15)21-20(22(27)16-4-6-17-19(13-16)32-14-31-17)23(28)24(29)26(21)8-2-7-25-9-11-30-12-10-25/h3-6,13,21,27H,2,7-12,14H2,1H3. The Bertz CT molecular complexity index is 1100. The van der Waals surface area contributed by atoms with Gasteiger partial charge in [0.1, 0.15) is 23.3 Å². The molecule has 1 atom stereocenters. The Balaban J connectivity index is 1.46. The summed E-state index contributed by atoms with van der Waals surface area (Å²) in [6, 6.07) is 7.64. The van der Waals surface area contributed by atoms with Crippen molar-refractivity contribution in [3.8, 4) is 11.5 Å². The molecule has 5 rings (SSSR count). The van der Waals surface area contributed by atoms with Gasteiger partial charge in [0.2, 0.25) is 6.79 Å². The molecule has 0 aliphatic carbocycles. The first-order valence-corrected chi connectivity index (χ1v) is 11.1. The number of nitrogens with zero attached hydrogens (tertiary/aromatic N) is 2. The van der Waals surface area contributed by atoms with Crippen LogP contribution in [-0.2, 0) is 14.3 Å². The lowest BCUT2D eigenvalue weighted by Gasteiger charge is -2.28. The third kappa shape index (κ3) is 4.09. The fourth-order valence-electron chi connectivity index (χ4n) is 4.50. The van der Waals surface area contributed by atoms with Crippen LogP contribution in [0.15, 0.2) is 40.3 Å². The third-order valence-electron chi connectivity index (χ3n) is 6.19. The minimum atomic E-state index is -0.797. The summed E-state index contributed by atoms with van der Waals surface area (Å²) < 4.78 is 21.9. The summed E-state index contributed by atoms with van der Waals surface area (Å²) in [5.74, 6) is 0.514. The maximum absolute atomic E-state index is 13.1. The summed E-state index contributed by atoms with van der Waals surface area (Å²) in [6.45, 7) is 6.15. The number of hydrogen-bond acceptors (Lipinski definition) is 8. The second kappa shape index (κ2) is 8.92. The lowest BCUT2D eigenvalue weighted by atomic mass is 9.99. The van der Waals surface area contributed by atoms with E-state index in [0.717, 1.165) is 19.6 Å². The molecule has 2 aromatic rings. The molecule has 0 saturated carbocycles. The van der Waals surface area contributed by atoms with Crippen LogP contribution in [0.2, 0.25) is 0 Å². The minimum Gasteiger partial charge on any atom is -0.507 e. The molecule has 2 saturated heterocycles. The number of aryl methyl sites for hydroxylation is 1. The van der Waals surface area contributed by atoms with Gasteiger partial charge in [0.15, 0.2) is 11.5 Å². The van der Waals surface area contributed by atoms with Crippen LogP contribution in [0.1, 0.15) is 29.5 Å². The number of furan rings is 1. The number of fused-ring (bicyclic) bond motifs is 1. The predicted octanol–water partition coefficient (Wildman–Crippen LogP) is 2.46. The first kappa shape index (κ1) is 21.5. The van der Waals surface area contributed by atoms with Gasteiger partial charge in [-0.3, -0.25) is 14.5 Å². The summed E-state index contributed by atoms with van der Waals surface area (Å²) >= 11 is 0. The number of aliphatic hydroxyl groups excluding tert-OH is 1. The van der Waals surface area contributed by atoms with Gasteiger partial charge in [-0.2, -0.15) is 0 Å². The zero-order chi connectivity index (χ0) is 22.9. The summed E-state index contributed by atoms with van der Waals surface area (Å²) in [7, 11) is 0. The lowest BCUT2D eigenvalue weighted by Crippen LogP contribution is -2.38.